The van der Waals surface area contributed by atoms with Gasteiger partial charge in [0.15, 0.2) is 0 Å². The third kappa shape index (κ3) is 5.08. The maximum Gasteiger partial charge on any atom is 0.269 e. The van der Waals surface area contributed by atoms with Crippen LogP contribution in [0.2, 0.25) is 0 Å². The highest BCUT2D eigenvalue weighted by atomic mass is 16.5. The molecule has 0 aliphatic carbocycles. The van der Waals surface area contributed by atoms with Crippen LogP contribution in [0, 0.1) is 0 Å². The highest BCUT2D eigenvalue weighted by molar-refractivity contribution is 5.98. The smallest absolute Gasteiger partial charge is 0.269 e. The molecule has 0 radical (unpaired) electrons. The maximum atomic E-state index is 12.2. The first kappa shape index (κ1) is 18.9. The van der Waals surface area contributed by atoms with Crippen LogP contribution < -0.4 is 15.6 Å². The molecule has 0 aliphatic heterocycles. The van der Waals surface area contributed by atoms with Crippen molar-refractivity contribution in [1.82, 2.24) is 10.9 Å². The lowest BCUT2D eigenvalue weighted by molar-refractivity contribution is -0.117. The number of hydrogen-bond acceptors (Lipinski definition) is 3. The largest absolute Gasteiger partial charge is 0.497 e. The fraction of sp³-hybridized carbons (Fsp3) is 0.0435. The first-order valence-corrected chi connectivity index (χ1v) is 8.73. The summed E-state index contributed by atoms with van der Waals surface area (Å²) in [6.45, 7) is 0. The Bertz CT molecular complexity index is 963. The van der Waals surface area contributed by atoms with Crippen molar-refractivity contribution >= 4 is 17.9 Å². The Balaban J connectivity index is 1.53. The van der Waals surface area contributed by atoms with Gasteiger partial charge in [0.1, 0.15) is 5.75 Å². The lowest BCUT2D eigenvalue weighted by Gasteiger charge is -2.07. The van der Waals surface area contributed by atoms with E-state index in [1.54, 1.807) is 37.5 Å². The average molecular weight is 372 g/mol. The third-order valence-corrected chi connectivity index (χ3v) is 4.10. The van der Waals surface area contributed by atoms with Gasteiger partial charge in [0.25, 0.3) is 11.8 Å². The first-order valence-electron chi connectivity index (χ1n) is 8.73. The van der Waals surface area contributed by atoms with E-state index in [0.29, 0.717) is 5.56 Å². The van der Waals surface area contributed by atoms with Gasteiger partial charge in [0, 0.05) is 11.6 Å². The maximum absolute atomic E-state index is 12.2. The highest BCUT2D eigenvalue weighted by Crippen LogP contribution is 2.19. The second kappa shape index (κ2) is 9.19. The van der Waals surface area contributed by atoms with Gasteiger partial charge in [-0.05, 0) is 47.0 Å². The van der Waals surface area contributed by atoms with Gasteiger partial charge in [-0.2, -0.15) is 0 Å². The number of hydrogen-bond donors (Lipinski definition) is 2. The molecule has 0 atom stereocenters. The van der Waals surface area contributed by atoms with Crippen molar-refractivity contribution in [1.29, 1.82) is 0 Å². The molecule has 0 spiro atoms. The average Bonchev–Trinajstić information content (AvgIpc) is 2.77. The van der Waals surface area contributed by atoms with Gasteiger partial charge >= 0.3 is 0 Å². The Labute approximate surface area is 163 Å². The predicted molar refractivity (Wildman–Crippen MR) is 110 cm³/mol. The molecule has 3 aromatic rings. The number of methoxy groups -OCH3 is 1. The van der Waals surface area contributed by atoms with Gasteiger partial charge in [-0.25, -0.2) is 0 Å². The molecule has 0 bridgehead atoms. The van der Waals surface area contributed by atoms with E-state index < -0.39 is 5.91 Å². The summed E-state index contributed by atoms with van der Waals surface area (Å²) < 4.78 is 5.08. The molecule has 0 saturated heterocycles. The molecule has 0 unspecified atom stereocenters. The van der Waals surface area contributed by atoms with Gasteiger partial charge in [-0.1, -0.05) is 54.6 Å². The monoisotopic (exact) mass is 372 g/mol. The van der Waals surface area contributed by atoms with Crippen LogP contribution in [0.25, 0.3) is 17.2 Å². The van der Waals surface area contributed by atoms with Crippen molar-refractivity contribution in [3.63, 3.8) is 0 Å². The summed E-state index contributed by atoms with van der Waals surface area (Å²) in [6.07, 6.45) is 3.00. The Morgan fingerprint density at radius 1 is 0.786 bits per heavy atom. The fourth-order valence-electron chi connectivity index (χ4n) is 2.56. The van der Waals surface area contributed by atoms with Gasteiger partial charge in [0.05, 0.1) is 7.11 Å². The SMILES string of the molecule is COc1ccc(/C=C/C(=O)NNC(=O)c2ccc(-c3ccccc3)cc2)cc1. The number of hydrazine groups is 1. The second-order valence-electron chi connectivity index (χ2n) is 5.99. The van der Waals surface area contributed by atoms with Crippen molar-refractivity contribution in [3.05, 3.63) is 96.1 Å². The van der Waals surface area contributed by atoms with Crippen LogP contribution in [0.5, 0.6) is 5.75 Å². The van der Waals surface area contributed by atoms with E-state index in [1.165, 1.54) is 6.08 Å². The topological polar surface area (TPSA) is 67.4 Å². The number of benzene rings is 3. The molecule has 0 saturated carbocycles. The van der Waals surface area contributed by atoms with Crippen LogP contribution in [0.1, 0.15) is 15.9 Å². The van der Waals surface area contributed by atoms with Crippen LogP contribution in [-0.2, 0) is 4.79 Å². The lowest BCUT2D eigenvalue weighted by atomic mass is 10.0. The summed E-state index contributed by atoms with van der Waals surface area (Å²) in [6, 6.07) is 24.3. The van der Waals surface area contributed by atoms with E-state index in [4.69, 9.17) is 4.74 Å². The fourth-order valence-corrected chi connectivity index (χ4v) is 2.56. The van der Waals surface area contributed by atoms with Crippen LogP contribution >= 0.6 is 0 Å². The summed E-state index contributed by atoms with van der Waals surface area (Å²) in [5.74, 6) is -0.0666. The normalized spacial score (nSPS) is 10.5. The Morgan fingerprint density at radius 2 is 1.43 bits per heavy atom. The number of carbonyl (C=O) groups is 2. The minimum absolute atomic E-state index is 0.384. The number of ether oxygens (including phenoxy) is 1. The number of rotatable bonds is 5. The molecule has 28 heavy (non-hydrogen) atoms. The molecule has 5 heteroatoms. The van der Waals surface area contributed by atoms with E-state index in [-0.39, 0.29) is 5.91 Å². The van der Waals surface area contributed by atoms with Crippen molar-refractivity contribution in [2.24, 2.45) is 0 Å². The third-order valence-electron chi connectivity index (χ3n) is 4.10. The standard InChI is InChI=1S/C23H20N2O3/c1-28-21-14-7-17(8-15-21)9-16-22(26)24-25-23(27)20-12-10-19(11-13-20)18-5-3-2-4-6-18/h2-16H,1H3,(H,24,26)(H,25,27)/b16-9+. The van der Waals surface area contributed by atoms with Crippen molar-refractivity contribution < 1.29 is 14.3 Å². The molecule has 140 valence electrons. The number of nitrogens with one attached hydrogen (secondary N) is 2. The summed E-state index contributed by atoms with van der Waals surface area (Å²) in [5.41, 5.74) is 8.17. The van der Waals surface area contributed by atoms with E-state index >= 15 is 0 Å². The molecule has 0 heterocycles. The van der Waals surface area contributed by atoms with Gasteiger partial charge < -0.3 is 4.74 Å². The number of amides is 2. The summed E-state index contributed by atoms with van der Waals surface area (Å²) in [7, 11) is 1.59. The molecule has 2 N–H and O–H groups in total. The van der Waals surface area contributed by atoms with Crippen molar-refractivity contribution in [2.45, 2.75) is 0 Å². The second-order valence-corrected chi connectivity index (χ2v) is 5.99. The van der Waals surface area contributed by atoms with Crippen LogP contribution in [0.4, 0.5) is 0 Å². The molecule has 2 amide bonds. The van der Waals surface area contributed by atoms with Crippen molar-refractivity contribution in [3.8, 4) is 16.9 Å². The van der Waals surface area contributed by atoms with E-state index in [0.717, 1.165) is 22.4 Å². The molecular weight excluding hydrogens is 352 g/mol. The first-order chi connectivity index (χ1) is 13.7. The molecular formula is C23H20N2O3. The Hall–Kier alpha value is -3.86. The molecule has 0 aliphatic rings. The predicted octanol–water partition coefficient (Wildman–Crippen LogP) is 3.84. The zero-order valence-corrected chi connectivity index (χ0v) is 15.4. The van der Waals surface area contributed by atoms with Crippen LogP contribution in [0.15, 0.2) is 84.9 Å². The quantitative estimate of drug-likeness (QED) is 0.528. The van der Waals surface area contributed by atoms with Crippen molar-refractivity contribution in [2.75, 3.05) is 7.11 Å². The van der Waals surface area contributed by atoms with E-state index in [2.05, 4.69) is 10.9 Å². The van der Waals surface area contributed by atoms with E-state index in [9.17, 15) is 9.59 Å². The zero-order chi connectivity index (χ0) is 19.8. The summed E-state index contributed by atoms with van der Waals surface area (Å²) >= 11 is 0. The highest BCUT2D eigenvalue weighted by Gasteiger charge is 2.06. The molecule has 0 fully saturated rings. The minimum atomic E-state index is -0.426. The van der Waals surface area contributed by atoms with Gasteiger partial charge in [0.2, 0.25) is 0 Å². The van der Waals surface area contributed by atoms with Gasteiger partial charge in [-0.15, -0.1) is 0 Å². The summed E-state index contributed by atoms with van der Waals surface area (Å²) in [5, 5.41) is 0. The van der Waals surface area contributed by atoms with Crippen LogP contribution in [0.3, 0.4) is 0 Å². The molecule has 0 aromatic heterocycles. The molecule has 3 rings (SSSR count). The Morgan fingerprint density at radius 3 is 2.07 bits per heavy atom. The van der Waals surface area contributed by atoms with Crippen LogP contribution in [-0.4, -0.2) is 18.9 Å². The van der Waals surface area contributed by atoms with Gasteiger partial charge in [-0.3, -0.25) is 20.4 Å². The zero-order valence-electron chi connectivity index (χ0n) is 15.4. The Kier molecular flexibility index (Phi) is 6.21. The number of carbonyl (C=O) groups excluding carboxylic acids is 2. The summed E-state index contributed by atoms with van der Waals surface area (Å²) in [4.78, 5) is 24.1. The molecule has 3 aromatic carbocycles. The minimum Gasteiger partial charge on any atom is -0.497 e. The molecule has 5 nitrogen and oxygen atoms in total. The lowest BCUT2D eigenvalue weighted by Crippen LogP contribution is -2.40. The van der Waals surface area contributed by atoms with E-state index in [1.807, 2.05) is 54.6 Å².